The Labute approximate surface area is 721 Å². The van der Waals surface area contributed by atoms with Gasteiger partial charge in [-0.05, 0) is 152 Å². The number of primary amides is 1. The molecule has 1 fully saturated rings. The van der Waals surface area contributed by atoms with Gasteiger partial charge in [0, 0.05) is 83.8 Å². The number of fused-ring (bicyclic) bond motifs is 5. The minimum Gasteiger partial charge on any atom is -0.481 e. The summed E-state index contributed by atoms with van der Waals surface area (Å²) in [6.07, 6.45) is 1.75. The number of nitrogens with two attached hydrogens (primary N) is 1. The first kappa shape index (κ1) is 93.2. The fourth-order valence-electron chi connectivity index (χ4n) is 15.3. The molecule has 0 spiro atoms. The van der Waals surface area contributed by atoms with Crippen LogP contribution in [0.4, 0.5) is 41.5 Å². The Balaban J connectivity index is 0.613. The number of carboxylic acids is 2. The first-order valence-corrected chi connectivity index (χ1v) is 42.4. The second kappa shape index (κ2) is 42.2. The van der Waals surface area contributed by atoms with E-state index in [1.165, 1.54) is 109 Å². The van der Waals surface area contributed by atoms with Crippen molar-refractivity contribution in [1.29, 1.82) is 0 Å². The molecule has 3 aliphatic heterocycles. The van der Waals surface area contributed by atoms with Gasteiger partial charge in [-0.2, -0.15) is 0 Å². The van der Waals surface area contributed by atoms with Gasteiger partial charge in [-0.3, -0.25) is 52.9 Å². The fourth-order valence-corrected chi connectivity index (χ4v) is 16.4. The van der Waals surface area contributed by atoms with Crippen LogP contribution in [-0.4, -0.2) is 199 Å². The zero-order valence-electron chi connectivity index (χ0n) is 69.6. The van der Waals surface area contributed by atoms with Gasteiger partial charge in [-0.1, -0.05) is 45.9 Å². The number of benzene rings is 4. The fraction of sp³-hybridized carbons (Fsp3) is 0.412. The molecule has 0 bridgehead atoms. The topological polar surface area (TPSA) is 552 Å². The largest absolute Gasteiger partial charge is 0.481 e. The summed E-state index contributed by atoms with van der Waals surface area (Å²) in [7, 11) is -4.21. The number of anilines is 4. The van der Waals surface area contributed by atoms with Crippen molar-refractivity contribution in [2.45, 2.75) is 165 Å². The Morgan fingerprint density at radius 2 is 1.35 bits per heavy atom. The Morgan fingerprint density at radius 3 is 2.02 bits per heavy atom. The predicted molar refractivity (Wildman–Crippen MR) is 450 cm³/mol. The molecule has 1 aliphatic carbocycles. The summed E-state index contributed by atoms with van der Waals surface area (Å²) >= 11 is 0. The Morgan fingerprint density at radius 1 is 0.698 bits per heavy atom. The number of carboxylic acid groups (broad SMARTS) is 2. The Kier molecular flexibility index (Phi) is 31.2. The zero-order chi connectivity index (χ0) is 90.7. The number of hydrogen-bond acceptors (Lipinski definition) is 23. The van der Waals surface area contributed by atoms with E-state index in [1.54, 1.807) is 32.9 Å². The number of aryl methyl sites for hydroxylation is 1. The van der Waals surface area contributed by atoms with E-state index < -0.39 is 172 Å². The number of ether oxygens (including phenoxy) is 5. The number of amides is 12. The maximum absolute atomic E-state index is 15.9. The van der Waals surface area contributed by atoms with E-state index in [4.69, 9.17) is 34.4 Å². The second-order valence-corrected chi connectivity index (χ2v) is 32.4. The molecule has 12 amide bonds. The highest BCUT2D eigenvalue weighted by Crippen LogP contribution is 2.47. The molecule has 6 heterocycles. The number of nitrogens with zero attached hydrogens (tertiary/aromatic N) is 4. The van der Waals surface area contributed by atoms with Crippen molar-refractivity contribution in [3.63, 3.8) is 0 Å². The number of carbonyl (C=O) groups excluding carboxylic acids is 11. The molecule has 7 atom stereocenters. The SMILES string of the molecule is CCCNC(=O)Nc1cccc(S(=O)(=O)Nc2cccc(C(CC(=O)O)NC(=O)Nc3ccc(NC(=O)NCCOCCOCCOCCC(=O)NC(CC(=O)O)C(=O)N4CCCC4C(=O)NC(C(=O)OC4(CC)C(=O)OCc5c4cc4n(c5=O)Cc5c-4nc4cc(F)c(C)c6c4c5C(NC(=O)C(CC(N)=O)NC(=O)Cc4ccncc4)CC6)C(C)C)cc3)c2)c1. The normalized spacial score (nSPS) is 16.3. The van der Waals surface area contributed by atoms with Gasteiger partial charge >= 0.3 is 42.0 Å². The Hall–Kier alpha value is -13.5. The average Bonchev–Trinajstić information content (AvgIpc) is 1.52. The molecule has 3 aromatic heterocycles. The predicted octanol–water partition coefficient (Wildman–Crippen LogP) is 5.20. The lowest BCUT2D eigenvalue weighted by molar-refractivity contribution is -0.191. The van der Waals surface area contributed by atoms with Crippen LogP contribution in [0.2, 0.25) is 0 Å². The molecule has 0 saturated carbocycles. The van der Waals surface area contributed by atoms with Crippen molar-refractivity contribution < 1.29 is 109 Å². The lowest BCUT2D eigenvalue weighted by Gasteiger charge is -2.37. The molecule has 11 rings (SSSR count). The number of pyridine rings is 3. The summed E-state index contributed by atoms with van der Waals surface area (Å²) in [6.45, 7) is 8.25. The summed E-state index contributed by atoms with van der Waals surface area (Å²) in [4.78, 5) is 198. The van der Waals surface area contributed by atoms with E-state index in [9.17, 15) is 85.8 Å². The highest BCUT2D eigenvalue weighted by Gasteiger charge is 2.52. The van der Waals surface area contributed by atoms with Gasteiger partial charge in [0.05, 0.1) is 111 Å². The summed E-state index contributed by atoms with van der Waals surface area (Å²) in [5.41, 5.74) is 6.66. The number of hydrogen-bond donors (Lipinski definition) is 14. The molecular formula is C85H99FN16O23S. The molecule has 1 saturated heterocycles. The average molecular weight is 1760 g/mol. The van der Waals surface area contributed by atoms with Crippen molar-refractivity contribution in [2.24, 2.45) is 11.7 Å². The number of carbonyl (C=O) groups is 13. The molecule has 41 heteroatoms. The van der Waals surface area contributed by atoms with Crippen molar-refractivity contribution in [1.82, 2.24) is 56.7 Å². The van der Waals surface area contributed by atoms with Crippen molar-refractivity contribution in [2.75, 3.05) is 79.9 Å². The van der Waals surface area contributed by atoms with Crippen molar-refractivity contribution in [3.8, 4) is 11.4 Å². The number of likely N-dealkylation sites (tertiary alicyclic amines) is 1. The van der Waals surface area contributed by atoms with Crippen LogP contribution in [0.25, 0.3) is 22.3 Å². The monoisotopic (exact) mass is 1760 g/mol. The van der Waals surface area contributed by atoms with Crippen molar-refractivity contribution >= 4 is 121 Å². The van der Waals surface area contributed by atoms with Crippen LogP contribution < -0.4 is 69.2 Å². The number of esters is 2. The van der Waals surface area contributed by atoms with E-state index in [0.29, 0.717) is 51.9 Å². The first-order chi connectivity index (χ1) is 60.2. The quantitative estimate of drug-likeness (QED) is 0.0173. The third-order valence-electron chi connectivity index (χ3n) is 21.5. The number of urea groups is 3. The summed E-state index contributed by atoms with van der Waals surface area (Å²) in [5.74, 6) is -10.9. The van der Waals surface area contributed by atoms with Crippen LogP contribution in [0.15, 0.2) is 119 Å². The third kappa shape index (κ3) is 23.3. The number of nitrogens with one attached hydrogen (secondary N) is 11. The van der Waals surface area contributed by atoms with Gasteiger partial charge in [0.2, 0.25) is 41.0 Å². The maximum Gasteiger partial charge on any atom is 0.355 e. The highest BCUT2D eigenvalue weighted by molar-refractivity contribution is 7.92. The minimum absolute atomic E-state index is 0.0243. The number of cyclic esters (lactones) is 1. The zero-order valence-corrected chi connectivity index (χ0v) is 70.4. The number of halogens is 1. The van der Waals surface area contributed by atoms with Crippen molar-refractivity contribution in [3.05, 3.63) is 170 Å². The van der Waals surface area contributed by atoms with Crippen LogP contribution in [0, 0.1) is 18.7 Å². The van der Waals surface area contributed by atoms with Gasteiger partial charge in [0.15, 0.2) is 0 Å². The van der Waals surface area contributed by atoms with Gasteiger partial charge in [-0.25, -0.2) is 41.8 Å². The molecule has 15 N–H and O–H groups in total. The number of rotatable bonds is 41. The van der Waals surface area contributed by atoms with E-state index in [0.717, 1.165) is 4.90 Å². The molecule has 39 nitrogen and oxygen atoms in total. The minimum atomic E-state index is -4.21. The molecule has 0 radical (unpaired) electrons. The molecule has 4 aromatic carbocycles. The van der Waals surface area contributed by atoms with Gasteiger partial charge in [0.25, 0.3) is 15.6 Å². The smallest absolute Gasteiger partial charge is 0.355 e. The third-order valence-corrected chi connectivity index (χ3v) is 22.9. The standard InChI is InChI=1S/C85H99FN16O23S/c1-6-25-89-82(116)93-52-12-9-14-54(38-52)126(119,120)100-53-13-8-11-49(37-53)61(42-70(106)107)98-84(118)92-51-18-16-50(17-19-51)91-83(117)90-28-31-122-33-35-123-34-32-121-30-24-68(104)95-64(43-71(108)109)79(113)101-29-10-15-65(101)77(111)99-74(46(3)4)80(114)125-85(7-2)58-39-66-75-56(44-102(66)78(112)57(58)45-124-81(85)115)73-60(21-20-55-47(5)59(86)40-62(96-75)72(55)73)97-76(110)63(41-67(87)103)94-69(105)36-48-22-26-88-27-23-48/h8-9,11-14,16-19,22-23,26-27,37-40,46,60-61,63-65,74,100H,6-7,10,15,20-21,24-25,28-36,41-45H2,1-5H3,(H2,87,103)(H,94,105)(H,95,104)(H,97,110)(H,99,111)(H,106,107)(H,108,109)(H2,89,93,116)(H2,90,91,117)(H2,92,98,118). The molecule has 7 unspecified atom stereocenters. The molecule has 7 aromatic rings. The maximum atomic E-state index is 15.9. The van der Waals surface area contributed by atoms with E-state index in [2.05, 4.69) is 62.9 Å². The number of sulfonamides is 1. The lowest BCUT2D eigenvalue weighted by Crippen LogP contribution is -2.57. The van der Waals surface area contributed by atoms with Gasteiger partial charge in [-0.15, -0.1) is 0 Å². The van der Waals surface area contributed by atoms with Crippen LogP contribution >= 0.6 is 0 Å². The first-order valence-electron chi connectivity index (χ1n) is 40.9. The van der Waals surface area contributed by atoms with Crippen LogP contribution in [-0.2, 0) is 113 Å². The number of aliphatic carboxylic acids is 2. The van der Waals surface area contributed by atoms with E-state index in [1.807, 2.05) is 6.92 Å². The van der Waals surface area contributed by atoms with E-state index >= 15 is 4.39 Å². The van der Waals surface area contributed by atoms with Crippen LogP contribution in [0.5, 0.6) is 0 Å². The lowest BCUT2D eigenvalue weighted by atomic mass is 9.81. The summed E-state index contributed by atoms with van der Waals surface area (Å²) in [6, 6.07) is 13.6. The van der Waals surface area contributed by atoms with Crippen LogP contribution in [0.1, 0.15) is 142 Å². The van der Waals surface area contributed by atoms with E-state index in [-0.39, 0.29) is 160 Å². The molecule has 126 heavy (non-hydrogen) atoms. The summed E-state index contributed by atoms with van der Waals surface area (Å²) < 4.78 is 75.0. The molecule has 670 valence electrons. The van der Waals surface area contributed by atoms with Gasteiger partial charge < -0.3 is 102 Å². The highest BCUT2D eigenvalue weighted by atomic mass is 32.2. The second-order valence-electron chi connectivity index (χ2n) is 30.7. The van der Waals surface area contributed by atoms with Gasteiger partial charge in [0.1, 0.15) is 36.6 Å². The molecular weight excluding hydrogens is 1660 g/mol. The molecule has 4 aliphatic rings. The van der Waals surface area contributed by atoms with Crippen LogP contribution in [0.3, 0.4) is 0 Å². The Bertz CT molecular complexity index is 5510. The summed E-state index contributed by atoms with van der Waals surface area (Å²) in [5, 5.41) is 46.6. The number of aromatic nitrogens is 3.